The summed E-state index contributed by atoms with van der Waals surface area (Å²) in [7, 11) is 0. The van der Waals surface area contributed by atoms with E-state index in [0.717, 1.165) is 16.5 Å². The molecule has 0 saturated heterocycles. The quantitative estimate of drug-likeness (QED) is 0.341. The van der Waals surface area contributed by atoms with Crippen molar-refractivity contribution in [2.75, 3.05) is 0 Å². The van der Waals surface area contributed by atoms with Gasteiger partial charge in [0.1, 0.15) is 5.75 Å². The first-order valence-electron chi connectivity index (χ1n) is 9.25. The Morgan fingerprint density at radius 1 is 0.643 bits per heavy atom. The van der Waals surface area contributed by atoms with E-state index in [-0.39, 0.29) is 0 Å². The minimum Gasteiger partial charge on any atom is -0.438 e. The molecule has 2 heterocycles. The van der Waals surface area contributed by atoms with Gasteiger partial charge >= 0.3 is 0 Å². The summed E-state index contributed by atoms with van der Waals surface area (Å²) in [6, 6.07) is 25.0. The molecule has 0 unspecified atom stereocenters. The lowest BCUT2D eigenvalue weighted by atomic mass is 9.95. The minimum atomic E-state index is 0.612. The van der Waals surface area contributed by atoms with Gasteiger partial charge in [0.25, 0.3) is 0 Å². The maximum absolute atomic E-state index is 6.04. The molecule has 0 fully saturated rings. The van der Waals surface area contributed by atoms with Crippen molar-refractivity contribution in [2.24, 2.45) is 0 Å². The molecule has 5 aromatic rings. The van der Waals surface area contributed by atoms with Gasteiger partial charge < -0.3 is 4.74 Å². The summed E-state index contributed by atoms with van der Waals surface area (Å²) >= 11 is 0. The largest absolute Gasteiger partial charge is 0.438 e. The van der Waals surface area contributed by atoms with E-state index in [1.807, 2.05) is 18.2 Å². The van der Waals surface area contributed by atoms with Gasteiger partial charge in [0, 0.05) is 24.0 Å². The molecule has 3 heteroatoms. The number of aryl methyl sites for hydroxylation is 1. The monoisotopic (exact) mass is 362 g/mol. The van der Waals surface area contributed by atoms with Crippen LogP contribution in [0.25, 0.3) is 32.7 Å². The Kier molecular flexibility index (Phi) is 3.99. The van der Waals surface area contributed by atoms with Gasteiger partial charge in [-0.3, -0.25) is 4.98 Å². The molecule has 0 aliphatic rings. The standard InChI is InChI=1S/C25H18N2O/c1-17-15-24-22(11-14-27-25(24)28-20-9-12-26-13-10-20)21-8-7-19(16-23(17)21)18-5-3-2-4-6-18/h2-16H,1H3. The summed E-state index contributed by atoms with van der Waals surface area (Å²) in [5.74, 6) is 1.34. The van der Waals surface area contributed by atoms with Crippen molar-refractivity contribution >= 4 is 21.5 Å². The molecule has 0 N–H and O–H groups in total. The molecule has 2 aromatic heterocycles. The second-order valence-electron chi connectivity index (χ2n) is 6.82. The number of benzene rings is 3. The molecule has 0 amide bonds. The Morgan fingerprint density at radius 2 is 1.43 bits per heavy atom. The van der Waals surface area contributed by atoms with Gasteiger partial charge in [0.2, 0.25) is 5.88 Å². The summed E-state index contributed by atoms with van der Waals surface area (Å²) in [6.45, 7) is 2.14. The molecule has 3 nitrogen and oxygen atoms in total. The molecule has 5 rings (SSSR count). The highest BCUT2D eigenvalue weighted by Crippen LogP contribution is 2.36. The van der Waals surface area contributed by atoms with Crippen molar-refractivity contribution in [2.45, 2.75) is 6.92 Å². The summed E-state index contributed by atoms with van der Waals surface area (Å²) in [4.78, 5) is 8.51. The summed E-state index contributed by atoms with van der Waals surface area (Å²) in [5, 5.41) is 4.60. The third-order valence-electron chi connectivity index (χ3n) is 5.02. The molecule has 0 aliphatic heterocycles. The number of nitrogens with zero attached hydrogens (tertiary/aromatic N) is 2. The van der Waals surface area contributed by atoms with E-state index in [9.17, 15) is 0 Å². The van der Waals surface area contributed by atoms with Crippen LogP contribution in [0.1, 0.15) is 5.56 Å². The van der Waals surface area contributed by atoms with E-state index in [1.165, 1.54) is 27.5 Å². The van der Waals surface area contributed by atoms with E-state index in [4.69, 9.17) is 4.74 Å². The first-order chi connectivity index (χ1) is 13.8. The first kappa shape index (κ1) is 16.5. The van der Waals surface area contributed by atoms with Crippen molar-refractivity contribution < 1.29 is 4.74 Å². The van der Waals surface area contributed by atoms with Crippen molar-refractivity contribution in [3.05, 3.63) is 97.0 Å². The van der Waals surface area contributed by atoms with Crippen molar-refractivity contribution in [1.82, 2.24) is 9.97 Å². The predicted octanol–water partition coefficient (Wildman–Crippen LogP) is 6.55. The van der Waals surface area contributed by atoms with Crippen LogP contribution in [0.2, 0.25) is 0 Å². The number of ether oxygens (including phenoxy) is 1. The highest BCUT2D eigenvalue weighted by Gasteiger charge is 2.11. The normalized spacial score (nSPS) is 11.0. The highest BCUT2D eigenvalue weighted by atomic mass is 16.5. The maximum atomic E-state index is 6.04. The van der Waals surface area contributed by atoms with E-state index < -0.39 is 0 Å². The lowest BCUT2D eigenvalue weighted by Crippen LogP contribution is -1.92. The number of fused-ring (bicyclic) bond motifs is 3. The fourth-order valence-electron chi connectivity index (χ4n) is 3.64. The molecule has 0 saturated carbocycles. The average molecular weight is 362 g/mol. The second-order valence-corrected chi connectivity index (χ2v) is 6.82. The lowest BCUT2D eigenvalue weighted by Gasteiger charge is -2.13. The SMILES string of the molecule is Cc1cc2c(Oc3ccncc3)nccc2c2ccc(-c3ccccc3)cc12. The molecule has 0 bridgehead atoms. The number of hydrogen-bond acceptors (Lipinski definition) is 3. The molecule has 0 spiro atoms. The maximum Gasteiger partial charge on any atom is 0.227 e. The number of rotatable bonds is 3. The Hall–Kier alpha value is -3.72. The molecule has 28 heavy (non-hydrogen) atoms. The molecule has 3 aromatic carbocycles. The van der Waals surface area contributed by atoms with Gasteiger partial charge in [-0.05, 0) is 70.1 Å². The molecule has 134 valence electrons. The Labute approximate surface area is 163 Å². The molecule has 0 atom stereocenters. The van der Waals surface area contributed by atoms with Gasteiger partial charge in [0.05, 0.1) is 0 Å². The van der Waals surface area contributed by atoms with E-state index in [1.54, 1.807) is 18.6 Å². The molecule has 0 radical (unpaired) electrons. The Bertz CT molecular complexity index is 1280. The van der Waals surface area contributed by atoms with Crippen LogP contribution >= 0.6 is 0 Å². The van der Waals surface area contributed by atoms with Crippen LogP contribution in [0.5, 0.6) is 11.6 Å². The zero-order chi connectivity index (χ0) is 18.9. The van der Waals surface area contributed by atoms with Crippen molar-refractivity contribution in [3.63, 3.8) is 0 Å². The first-order valence-corrected chi connectivity index (χ1v) is 9.25. The van der Waals surface area contributed by atoms with Gasteiger partial charge in [-0.15, -0.1) is 0 Å². The van der Waals surface area contributed by atoms with Crippen LogP contribution in [-0.2, 0) is 0 Å². The second kappa shape index (κ2) is 6.78. The van der Waals surface area contributed by atoms with Crippen LogP contribution in [0, 0.1) is 6.92 Å². The molecular weight excluding hydrogens is 344 g/mol. The predicted molar refractivity (Wildman–Crippen MR) is 114 cm³/mol. The van der Waals surface area contributed by atoms with Crippen LogP contribution in [0.3, 0.4) is 0 Å². The number of pyridine rings is 2. The summed E-state index contributed by atoms with van der Waals surface area (Å²) < 4.78 is 6.04. The summed E-state index contributed by atoms with van der Waals surface area (Å²) in [5.41, 5.74) is 3.64. The summed E-state index contributed by atoms with van der Waals surface area (Å²) in [6.07, 6.45) is 5.23. The molecular formula is C25H18N2O. The topological polar surface area (TPSA) is 35.0 Å². The van der Waals surface area contributed by atoms with E-state index in [2.05, 4.69) is 71.5 Å². The van der Waals surface area contributed by atoms with Crippen LogP contribution < -0.4 is 4.74 Å². The van der Waals surface area contributed by atoms with Gasteiger partial charge in [0.15, 0.2) is 0 Å². The number of hydrogen-bond donors (Lipinski definition) is 0. The van der Waals surface area contributed by atoms with Gasteiger partial charge in [-0.1, -0.05) is 42.5 Å². The van der Waals surface area contributed by atoms with Crippen LogP contribution in [0.4, 0.5) is 0 Å². The molecule has 0 aliphatic carbocycles. The minimum absolute atomic E-state index is 0.612. The zero-order valence-electron chi connectivity index (χ0n) is 15.5. The number of aromatic nitrogens is 2. The smallest absolute Gasteiger partial charge is 0.227 e. The highest BCUT2D eigenvalue weighted by molar-refractivity contribution is 6.11. The fourth-order valence-corrected chi connectivity index (χ4v) is 3.64. The van der Waals surface area contributed by atoms with E-state index >= 15 is 0 Å². The van der Waals surface area contributed by atoms with Gasteiger partial charge in [-0.2, -0.15) is 0 Å². The zero-order valence-corrected chi connectivity index (χ0v) is 15.5. The van der Waals surface area contributed by atoms with Crippen molar-refractivity contribution in [1.29, 1.82) is 0 Å². The average Bonchev–Trinajstić information content (AvgIpc) is 2.76. The third-order valence-corrected chi connectivity index (χ3v) is 5.02. The van der Waals surface area contributed by atoms with Crippen molar-refractivity contribution in [3.8, 4) is 22.8 Å². The van der Waals surface area contributed by atoms with Crippen LogP contribution in [-0.4, -0.2) is 9.97 Å². The van der Waals surface area contributed by atoms with E-state index in [0.29, 0.717) is 5.88 Å². The Morgan fingerprint density at radius 3 is 2.25 bits per heavy atom. The third kappa shape index (κ3) is 2.87. The fraction of sp³-hybridized carbons (Fsp3) is 0.0400. The lowest BCUT2D eigenvalue weighted by molar-refractivity contribution is 0.468. The Balaban J connectivity index is 1.69. The van der Waals surface area contributed by atoms with Gasteiger partial charge in [-0.25, -0.2) is 4.98 Å². The van der Waals surface area contributed by atoms with Crippen LogP contribution in [0.15, 0.2) is 91.4 Å².